The number of carboxylic acid groups (broad SMARTS) is 2. The van der Waals surface area contributed by atoms with Crippen molar-refractivity contribution in [2.45, 2.75) is 39.0 Å². The second kappa shape index (κ2) is 5.59. The van der Waals surface area contributed by atoms with Crippen molar-refractivity contribution in [2.75, 3.05) is 0 Å². The summed E-state index contributed by atoms with van der Waals surface area (Å²) in [6, 6.07) is 0. The molecule has 4 heteroatoms. The third-order valence-corrected chi connectivity index (χ3v) is 4.69. The summed E-state index contributed by atoms with van der Waals surface area (Å²) >= 11 is 0. The van der Waals surface area contributed by atoms with Crippen molar-refractivity contribution in [3.05, 3.63) is 25.3 Å². The van der Waals surface area contributed by atoms with Gasteiger partial charge in [0.05, 0.1) is 10.8 Å². The van der Waals surface area contributed by atoms with Gasteiger partial charge >= 0.3 is 11.9 Å². The number of hydrogen-bond acceptors (Lipinski definition) is 2. The Morgan fingerprint density at radius 3 is 2.21 bits per heavy atom. The first-order valence-corrected chi connectivity index (χ1v) is 6.57. The van der Waals surface area contributed by atoms with E-state index in [1.54, 1.807) is 0 Å². The van der Waals surface area contributed by atoms with Gasteiger partial charge in [-0.2, -0.15) is 0 Å². The Balaban J connectivity index is 3.51. The van der Waals surface area contributed by atoms with Crippen molar-refractivity contribution < 1.29 is 19.8 Å². The molecule has 0 saturated heterocycles. The van der Waals surface area contributed by atoms with Crippen molar-refractivity contribution in [3.63, 3.8) is 0 Å². The van der Waals surface area contributed by atoms with Gasteiger partial charge in [0.2, 0.25) is 0 Å². The molecular weight excluding hydrogens is 244 g/mol. The molecule has 1 aliphatic carbocycles. The molecule has 19 heavy (non-hydrogen) atoms. The molecule has 0 spiro atoms. The molecule has 4 nitrogen and oxygen atoms in total. The van der Waals surface area contributed by atoms with E-state index in [9.17, 15) is 19.8 Å². The van der Waals surface area contributed by atoms with Crippen LogP contribution in [-0.2, 0) is 9.59 Å². The largest absolute Gasteiger partial charge is 0.481 e. The number of carbonyl (C=O) groups is 2. The van der Waals surface area contributed by atoms with Crippen molar-refractivity contribution in [2.24, 2.45) is 16.7 Å². The number of carboxylic acids is 2. The van der Waals surface area contributed by atoms with Crippen molar-refractivity contribution in [3.8, 4) is 0 Å². The van der Waals surface area contributed by atoms with Crippen LogP contribution in [0.15, 0.2) is 25.3 Å². The molecule has 1 aliphatic rings. The van der Waals surface area contributed by atoms with E-state index in [1.165, 1.54) is 12.2 Å². The molecule has 0 radical (unpaired) electrons. The lowest BCUT2D eigenvalue weighted by atomic mass is 9.49. The normalized spacial score (nSPS) is 34.5. The maximum atomic E-state index is 11.9. The highest BCUT2D eigenvalue weighted by molar-refractivity contribution is 5.87. The maximum absolute atomic E-state index is 11.9. The van der Waals surface area contributed by atoms with E-state index in [0.29, 0.717) is 6.42 Å². The fourth-order valence-corrected chi connectivity index (χ4v) is 3.69. The molecule has 2 N–H and O–H groups in total. The quantitative estimate of drug-likeness (QED) is 0.724. The Morgan fingerprint density at radius 1 is 1.21 bits per heavy atom. The zero-order valence-corrected chi connectivity index (χ0v) is 11.4. The Kier molecular flexibility index (Phi) is 4.56. The Morgan fingerprint density at radius 2 is 1.79 bits per heavy atom. The van der Waals surface area contributed by atoms with Gasteiger partial charge in [-0.1, -0.05) is 25.5 Å². The van der Waals surface area contributed by atoms with Crippen LogP contribution in [0.2, 0.25) is 0 Å². The van der Waals surface area contributed by atoms with E-state index in [4.69, 9.17) is 0 Å². The summed E-state index contributed by atoms with van der Waals surface area (Å²) in [6.45, 7) is 9.06. The van der Waals surface area contributed by atoms with Gasteiger partial charge in [0.25, 0.3) is 0 Å². The summed E-state index contributed by atoms with van der Waals surface area (Å²) in [4.78, 5) is 23.8. The second-order valence-electron chi connectivity index (χ2n) is 5.44. The van der Waals surface area contributed by atoms with Crippen molar-refractivity contribution >= 4 is 11.9 Å². The number of hydrogen-bond donors (Lipinski definition) is 2. The molecule has 0 aromatic carbocycles. The van der Waals surface area contributed by atoms with Gasteiger partial charge in [0.15, 0.2) is 0 Å². The molecule has 0 aromatic heterocycles. The van der Waals surface area contributed by atoms with Crippen LogP contribution in [0.5, 0.6) is 0 Å². The molecular formula is C15H22O4. The third kappa shape index (κ3) is 2.09. The van der Waals surface area contributed by atoms with Gasteiger partial charge in [0.1, 0.15) is 0 Å². The highest BCUT2D eigenvalue weighted by Crippen LogP contribution is 2.58. The lowest BCUT2D eigenvalue weighted by molar-refractivity contribution is -0.186. The topological polar surface area (TPSA) is 74.6 Å². The van der Waals surface area contributed by atoms with Crippen LogP contribution >= 0.6 is 0 Å². The first-order valence-electron chi connectivity index (χ1n) is 6.57. The molecule has 0 heterocycles. The Hall–Kier alpha value is -1.58. The minimum atomic E-state index is -1.30. The first kappa shape index (κ1) is 15.5. The zero-order valence-electron chi connectivity index (χ0n) is 11.4. The average molecular weight is 266 g/mol. The summed E-state index contributed by atoms with van der Waals surface area (Å²) < 4.78 is 0. The molecule has 1 fully saturated rings. The zero-order chi connectivity index (χ0) is 14.7. The lowest BCUT2D eigenvalue weighted by Crippen LogP contribution is -2.57. The maximum Gasteiger partial charge on any atom is 0.311 e. The van der Waals surface area contributed by atoms with Crippen LogP contribution in [-0.4, -0.2) is 22.2 Å². The Labute approximate surface area is 113 Å². The molecule has 0 amide bonds. The van der Waals surface area contributed by atoms with Gasteiger partial charge in [-0.05, 0) is 31.6 Å². The van der Waals surface area contributed by atoms with Crippen LogP contribution in [0.3, 0.4) is 0 Å². The van der Waals surface area contributed by atoms with Crippen LogP contribution in [0.4, 0.5) is 0 Å². The van der Waals surface area contributed by atoms with Crippen molar-refractivity contribution in [1.29, 1.82) is 0 Å². The number of aliphatic carboxylic acids is 2. The molecule has 0 aliphatic heterocycles. The van der Waals surface area contributed by atoms with Gasteiger partial charge < -0.3 is 10.2 Å². The van der Waals surface area contributed by atoms with E-state index < -0.39 is 22.8 Å². The lowest BCUT2D eigenvalue weighted by Gasteiger charge is -2.51. The third-order valence-electron chi connectivity index (χ3n) is 4.69. The molecule has 106 valence electrons. The van der Waals surface area contributed by atoms with Crippen LogP contribution < -0.4 is 0 Å². The highest BCUT2D eigenvalue weighted by Gasteiger charge is 2.63. The van der Waals surface area contributed by atoms with Crippen LogP contribution in [0.25, 0.3) is 0 Å². The van der Waals surface area contributed by atoms with Crippen molar-refractivity contribution in [1.82, 2.24) is 0 Å². The summed E-state index contributed by atoms with van der Waals surface area (Å²) in [5.74, 6) is -2.28. The highest BCUT2D eigenvalue weighted by atomic mass is 16.4. The summed E-state index contributed by atoms with van der Waals surface area (Å²) in [5.41, 5.74) is -2.58. The van der Waals surface area contributed by atoms with E-state index >= 15 is 0 Å². The van der Waals surface area contributed by atoms with Gasteiger partial charge in [0, 0.05) is 0 Å². The van der Waals surface area contributed by atoms with E-state index in [-0.39, 0.29) is 18.8 Å². The van der Waals surface area contributed by atoms with Gasteiger partial charge in [-0.3, -0.25) is 9.59 Å². The summed E-state index contributed by atoms with van der Waals surface area (Å²) in [6.07, 6.45) is 5.22. The van der Waals surface area contributed by atoms with E-state index in [2.05, 4.69) is 13.2 Å². The second-order valence-corrected chi connectivity index (χ2v) is 5.44. The van der Waals surface area contributed by atoms with Gasteiger partial charge in [-0.25, -0.2) is 0 Å². The average Bonchev–Trinajstić information content (AvgIpc) is 2.33. The first-order chi connectivity index (χ1) is 8.89. The van der Waals surface area contributed by atoms with Crippen LogP contribution in [0, 0.1) is 16.7 Å². The summed E-state index contributed by atoms with van der Waals surface area (Å²) in [7, 11) is 0. The monoisotopic (exact) mass is 266 g/mol. The summed E-state index contributed by atoms with van der Waals surface area (Å²) in [5, 5.41) is 19.5. The van der Waals surface area contributed by atoms with E-state index in [1.807, 2.05) is 6.92 Å². The Bertz CT molecular complexity index is 401. The van der Waals surface area contributed by atoms with Crippen LogP contribution in [0.1, 0.15) is 39.0 Å². The predicted molar refractivity (Wildman–Crippen MR) is 72.8 cm³/mol. The molecule has 3 unspecified atom stereocenters. The molecule has 0 aromatic rings. The van der Waals surface area contributed by atoms with Gasteiger partial charge in [-0.15, -0.1) is 13.2 Å². The molecule has 1 saturated carbocycles. The minimum absolute atomic E-state index is 0.170. The minimum Gasteiger partial charge on any atom is -0.481 e. The molecule has 0 bridgehead atoms. The fraction of sp³-hybridized carbons (Fsp3) is 0.600. The fourth-order valence-electron chi connectivity index (χ4n) is 3.69. The number of rotatable bonds is 6. The molecule has 3 atom stereocenters. The SMILES string of the molecule is C=CCC1(C(=O)O)CCCC(C)C1(CC=C)C(=O)O. The smallest absolute Gasteiger partial charge is 0.311 e. The standard InChI is InChI=1S/C15H22O4/c1-4-8-14(12(16)17)10-6-7-11(3)15(14,9-5-2)13(18)19/h4-5,11H,1-2,6-10H2,3H3,(H,16,17)(H,18,19). The molecule has 1 rings (SSSR count). The predicted octanol–water partition coefficient (Wildman–Crippen LogP) is 3.10. The number of allylic oxidation sites excluding steroid dienone is 2. The van der Waals surface area contributed by atoms with E-state index in [0.717, 1.165) is 12.8 Å².